The molecule has 0 bridgehead atoms. The van der Waals surface area contributed by atoms with Crippen LogP contribution in [0.3, 0.4) is 0 Å². The van der Waals surface area contributed by atoms with Crippen LogP contribution in [0.2, 0.25) is 0 Å². The van der Waals surface area contributed by atoms with Crippen LogP contribution >= 0.6 is 0 Å². The first kappa shape index (κ1) is 14.8. The van der Waals surface area contributed by atoms with Gasteiger partial charge in [-0.25, -0.2) is 0 Å². The highest BCUT2D eigenvalue weighted by atomic mass is 15.2. The Bertz CT molecular complexity index is 280. The quantitative estimate of drug-likeness (QED) is 0.837. The van der Waals surface area contributed by atoms with Gasteiger partial charge in [-0.3, -0.25) is 4.90 Å². The third-order valence-electron chi connectivity index (χ3n) is 6.43. The minimum atomic E-state index is 0.734. The molecule has 1 saturated heterocycles. The van der Waals surface area contributed by atoms with E-state index in [4.69, 9.17) is 0 Å². The van der Waals surface area contributed by atoms with Crippen LogP contribution < -0.4 is 5.32 Å². The van der Waals surface area contributed by atoms with Crippen molar-refractivity contribution in [3.63, 3.8) is 0 Å². The van der Waals surface area contributed by atoms with Crippen LogP contribution in [0, 0.1) is 5.41 Å². The number of nitrogens with zero attached hydrogens (tertiary/aromatic N) is 1. The van der Waals surface area contributed by atoms with E-state index < -0.39 is 0 Å². The molecule has 116 valence electrons. The average molecular weight is 278 g/mol. The van der Waals surface area contributed by atoms with Gasteiger partial charge >= 0.3 is 0 Å². The summed E-state index contributed by atoms with van der Waals surface area (Å²) >= 11 is 0. The maximum Gasteiger partial charge on any atom is 0.0192 e. The molecule has 0 aromatic rings. The summed E-state index contributed by atoms with van der Waals surface area (Å²) in [5.41, 5.74) is 0.788. The number of nitrogens with one attached hydrogen (secondary N) is 1. The van der Waals surface area contributed by atoms with Gasteiger partial charge in [0.25, 0.3) is 0 Å². The molecule has 1 unspecified atom stereocenters. The SMILES string of the molecule is CC(CNC1CCC2(CCCC2)CC1)N1CCCCC1. The van der Waals surface area contributed by atoms with Crippen LogP contribution in [0.4, 0.5) is 0 Å². The molecule has 20 heavy (non-hydrogen) atoms. The van der Waals surface area contributed by atoms with Gasteiger partial charge in [0.1, 0.15) is 0 Å². The van der Waals surface area contributed by atoms with Crippen LogP contribution in [-0.2, 0) is 0 Å². The van der Waals surface area contributed by atoms with Gasteiger partial charge in [-0.2, -0.15) is 0 Å². The van der Waals surface area contributed by atoms with E-state index in [1.807, 2.05) is 0 Å². The standard InChI is InChI=1S/C18H34N2/c1-16(20-13-5-2-6-14-20)15-19-17-7-11-18(12-8-17)9-3-4-10-18/h16-17,19H,2-15H2,1H3. The smallest absolute Gasteiger partial charge is 0.0192 e. The molecule has 2 heteroatoms. The van der Waals surface area contributed by atoms with E-state index in [0.29, 0.717) is 0 Å². The molecule has 1 aliphatic heterocycles. The van der Waals surface area contributed by atoms with Crippen molar-refractivity contribution in [2.75, 3.05) is 19.6 Å². The summed E-state index contributed by atoms with van der Waals surface area (Å²) in [7, 11) is 0. The highest BCUT2D eigenvalue weighted by molar-refractivity contribution is 4.91. The van der Waals surface area contributed by atoms with Gasteiger partial charge in [-0.05, 0) is 76.8 Å². The summed E-state index contributed by atoms with van der Waals surface area (Å²) in [5, 5.41) is 3.88. The number of hydrogen-bond acceptors (Lipinski definition) is 2. The predicted molar refractivity (Wildman–Crippen MR) is 86.0 cm³/mol. The zero-order chi connectivity index (χ0) is 13.8. The summed E-state index contributed by atoms with van der Waals surface area (Å²) in [6.07, 6.45) is 16.2. The third kappa shape index (κ3) is 3.57. The van der Waals surface area contributed by atoms with Gasteiger partial charge < -0.3 is 5.32 Å². The van der Waals surface area contributed by atoms with Gasteiger partial charge in [-0.1, -0.05) is 19.3 Å². The fourth-order valence-corrected chi connectivity index (χ4v) is 4.88. The molecule has 3 rings (SSSR count). The monoisotopic (exact) mass is 278 g/mol. The molecule has 3 fully saturated rings. The van der Waals surface area contributed by atoms with Crippen molar-refractivity contribution < 1.29 is 0 Å². The normalized spacial score (nSPS) is 29.9. The Morgan fingerprint density at radius 1 is 0.950 bits per heavy atom. The first-order valence-electron chi connectivity index (χ1n) is 9.25. The molecule has 1 N–H and O–H groups in total. The Morgan fingerprint density at radius 2 is 1.60 bits per heavy atom. The average Bonchev–Trinajstić information content (AvgIpc) is 2.96. The fraction of sp³-hybridized carbons (Fsp3) is 1.00. The summed E-state index contributed by atoms with van der Waals surface area (Å²) in [5.74, 6) is 0. The summed E-state index contributed by atoms with van der Waals surface area (Å²) in [4.78, 5) is 2.69. The van der Waals surface area contributed by atoms with Crippen LogP contribution in [0.5, 0.6) is 0 Å². The van der Waals surface area contributed by atoms with E-state index in [-0.39, 0.29) is 0 Å². The first-order valence-corrected chi connectivity index (χ1v) is 9.25. The zero-order valence-electron chi connectivity index (χ0n) is 13.5. The van der Waals surface area contributed by atoms with E-state index in [9.17, 15) is 0 Å². The van der Waals surface area contributed by atoms with Gasteiger partial charge in [0.05, 0.1) is 0 Å². The Labute approximate surface area is 125 Å². The van der Waals surface area contributed by atoms with Crippen molar-refractivity contribution in [1.82, 2.24) is 10.2 Å². The summed E-state index contributed by atoms with van der Waals surface area (Å²) < 4.78 is 0. The van der Waals surface area contributed by atoms with E-state index in [2.05, 4.69) is 17.1 Å². The Morgan fingerprint density at radius 3 is 2.25 bits per heavy atom. The largest absolute Gasteiger partial charge is 0.312 e. The van der Waals surface area contributed by atoms with E-state index >= 15 is 0 Å². The second kappa shape index (κ2) is 6.79. The van der Waals surface area contributed by atoms with Crippen LogP contribution in [0.15, 0.2) is 0 Å². The molecule has 0 aromatic heterocycles. The third-order valence-corrected chi connectivity index (χ3v) is 6.43. The summed E-state index contributed by atoms with van der Waals surface area (Å²) in [6.45, 7) is 6.28. The number of likely N-dealkylation sites (tertiary alicyclic amines) is 1. The molecule has 1 spiro atoms. The molecule has 3 aliphatic rings. The minimum Gasteiger partial charge on any atom is -0.312 e. The van der Waals surface area contributed by atoms with Crippen molar-refractivity contribution >= 4 is 0 Å². The van der Waals surface area contributed by atoms with Crippen LogP contribution in [0.25, 0.3) is 0 Å². The molecule has 0 radical (unpaired) electrons. The van der Waals surface area contributed by atoms with Crippen molar-refractivity contribution in [3.05, 3.63) is 0 Å². The lowest BCUT2D eigenvalue weighted by molar-refractivity contribution is 0.145. The molecule has 0 aromatic carbocycles. The molecule has 2 nitrogen and oxygen atoms in total. The highest BCUT2D eigenvalue weighted by Gasteiger charge is 2.37. The predicted octanol–water partition coefficient (Wildman–Crippen LogP) is 3.95. The number of rotatable bonds is 4. The molecule has 2 aliphatic carbocycles. The number of piperidine rings is 1. The second-order valence-corrected chi connectivity index (χ2v) is 7.84. The molecule has 1 heterocycles. The Balaban J connectivity index is 1.36. The maximum atomic E-state index is 3.88. The van der Waals surface area contributed by atoms with Crippen LogP contribution in [-0.4, -0.2) is 36.6 Å². The van der Waals surface area contributed by atoms with Crippen LogP contribution in [0.1, 0.15) is 77.6 Å². The molecule has 2 saturated carbocycles. The molecular weight excluding hydrogens is 244 g/mol. The van der Waals surface area contributed by atoms with E-state index in [0.717, 1.165) is 17.5 Å². The fourth-order valence-electron chi connectivity index (χ4n) is 4.88. The van der Waals surface area contributed by atoms with Gasteiger partial charge in [0, 0.05) is 18.6 Å². The van der Waals surface area contributed by atoms with Gasteiger partial charge in [0.2, 0.25) is 0 Å². The maximum absolute atomic E-state index is 3.88. The van der Waals surface area contributed by atoms with Gasteiger partial charge in [0.15, 0.2) is 0 Å². The first-order chi connectivity index (χ1) is 9.77. The highest BCUT2D eigenvalue weighted by Crippen LogP contribution is 2.48. The van der Waals surface area contributed by atoms with Crippen molar-refractivity contribution in [2.45, 2.75) is 89.6 Å². The Hall–Kier alpha value is -0.0800. The lowest BCUT2D eigenvalue weighted by Crippen LogP contribution is -2.46. The van der Waals surface area contributed by atoms with Gasteiger partial charge in [-0.15, -0.1) is 0 Å². The molecular formula is C18H34N2. The zero-order valence-corrected chi connectivity index (χ0v) is 13.5. The molecule has 0 amide bonds. The molecule has 1 atom stereocenters. The van der Waals surface area contributed by atoms with Crippen molar-refractivity contribution in [2.24, 2.45) is 5.41 Å². The van der Waals surface area contributed by atoms with E-state index in [1.54, 1.807) is 0 Å². The Kier molecular flexibility index (Phi) is 5.04. The topological polar surface area (TPSA) is 15.3 Å². The van der Waals surface area contributed by atoms with Crippen molar-refractivity contribution in [1.29, 1.82) is 0 Å². The lowest BCUT2D eigenvalue weighted by Gasteiger charge is -2.39. The lowest BCUT2D eigenvalue weighted by atomic mass is 9.71. The van der Waals surface area contributed by atoms with Crippen molar-refractivity contribution in [3.8, 4) is 0 Å². The minimum absolute atomic E-state index is 0.734. The second-order valence-electron chi connectivity index (χ2n) is 7.84. The van der Waals surface area contributed by atoms with E-state index in [1.165, 1.54) is 90.3 Å². The number of hydrogen-bond donors (Lipinski definition) is 1. The summed E-state index contributed by atoms with van der Waals surface area (Å²) in [6, 6.07) is 1.55.